The molecule has 0 aromatic rings. The first-order valence-corrected chi connectivity index (χ1v) is 2.93. The van der Waals surface area contributed by atoms with Gasteiger partial charge in [0.2, 0.25) is 0 Å². The molecule has 1 aliphatic heterocycles. The van der Waals surface area contributed by atoms with Crippen LogP contribution >= 0.6 is 0 Å². The van der Waals surface area contributed by atoms with Crippen molar-refractivity contribution in [1.82, 2.24) is 5.32 Å². The van der Waals surface area contributed by atoms with Crippen molar-refractivity contribution in [3.05, 3.63) is 17.0 Å². The first kappa shape index (κ1) is 12.2. The number of amides is 4. The van der Waals surface area contributed by atoms with E-state index in [1.54, 1.807) is 0 Å². The molecule has 0 spiro atoms. The topological polar surface area (TPSA) is 77.3 Å². The van der Waals surface area contributed by atoms with Gasteiger partial charge in [0.1, 0.15) is 0 Å². The number of carbonyl (C=O) groups excluding carboxylic acids is 3. The SMILES string of the molecule is C/C=C1\C(=O)[N-]C(=O)NC1=O.[Rb+]. The Morgan fingerprint density at radius 2 is 1.92 bits per heavy atom. The van der Waals surface area contributed by atoms with Crippen molar-refractivity contribution in [3.8, 4) is 0 Å². The van der Waals surface area contributed by atoms with Gasteiger partial charge in [0.05, 0.1) is 5.57 Å². The summed E-state index contributed by atoms with van der Waals surface area (Å²) in [6.07, 6.45) is 1.31. The number of allylic oxidation sites excluding steroid dienone is 1. The van der Waals surface area contributed by atoms with Crippen molar-refractivity contribution in [3.63, 3.8) is 0 Å². The van der Waals surface area contributed by atoms with Crippen molar-refractivity contribution < 1.29 is 72.6 Å². The Labute approximate surface area is 118 Å². The van der Waals surface area contributed by atoms with Crippen molar-refractivity contribution in [1.29, 1.82) is 0 Å². The Balaban J connectivity index is 0.00000121. The van der Waals surface area contributed by atoms with Crippen LogP contribution < -0.4 is 63.5 Å². The second kappa shape index (κ2) is 5.01. The minimum Gasteiger partial charge on any atom is -0.391 e. The van der Waals surface area contributed by atoms with Gasteiger partial charge in [-0.1, -0.05) is 6.08 Å². The molecule has 5 nitrogen and oxygen atoms in total. The molecular weight excluding hydrogens is 234 g/mol. The second-order valence-corrected chi connectivity index (χ2v) is 1.88. The van der Waals surface area contributed by atoms with E-state index in [9.17, 15) is 14.4 Å². The van der Waals surface area contributed by atoms with Crippen LogP contribution in [0.15, 0.2) is 11.6 Å². The van der Waals surface area contributed by atoms with Gasteiger partial charge in [0, 0.05) is 0 Å². The van der Waals surface area contributed by atoms with Crippen LogP contribution in [0, 0.1) is 0 Å². The summed E-state index contributed by atoms with van der Waals surface area (Å²) in [5.74, 6) is -1.46. The molecular formula is C6H5N2O3Rb. The fourth-order valence-corrected chi connectivity index (χ4v) is 0.697. The van der Waals surface area contributed by atoms with Crippen LogP contribution in [0.25, 0.3) is 5.32 Å². The maximum Gasteiger partial charge on any atom is 1.00 e. The van der Waals surface area contributed by atoms with E-state index >= 15 is 0 Å². The second-order valence-electron chi connectivity index (χ2n) is 1.88. The number of imide groups is 2. The standard InChI is InChI=1S/C6H6N2O3.Rb/c1-2-3-4(9)7-6(11)8-5(3)10;/h2H,1H3,(H2,7,8,9,10,11);/q;+1/p-1. The quantitative estimate of drug-likeness (QED) is 0.363. The fraction of sp³-hybridized carbons (Fsp3) is 0.167. The van der Waals surface area contributed by atoms with Crippen molar-refractivity contribution >= 4 is 17.8 Å². The van der Waals surface area contributed by atoms with Gasteiger partial charge in [0.15, 0.2) is 17.8 Å². The average molecular weight is 239 g/mol. The number of nitrogens with zero attached hydrogens (tertiary/aromatic N) is 1. The van der Waals surface area contributed by atoms with Gasteiger partial charge in [-0.2, -0.15) is 0 Å². The van der Waals surface area contributed by atoms with E-state index in [-0.39, 0.29) is 63.8 Å². The first-order valence-electron chi connectivity index (χ1n) is 2.93. The molecule has 0 aromatic heterocycles. The summed E-state index contributed by atoms with van der Waals surface area (Å²) in [5.41, 5.74) is -0.0930. The van der Waals surface area contributed by atoms with E-state index in [0.29, 0.717) is 0 Å². The maximum atomic E-state index is 10.8. The van der Waals surface area contributed by atoms with Gasteiger partial charge in [0.25, 0.3) is 0 Å². The van der Waals surface area contributed by atoms with Crippen molar-refractivity contribution in [2.45, 2.75) is 6.92 Å². The molecule has 1 heterocycles. The van der Waals surface area contributed by atoms with Gasteiger partial charge >= 0.3 is 58.2 Å². The van der Waals surface area contributed by atoms with Crippen LogP contribution in [0.2, 0.25) is 0 Å². The zero-order chi connectivity index (χ0) is 8.43. The fourth-order valence-electron chi connectivity index (χ4n) is 0.697. The minimum absolute atomic E-state index is 0. The number of nitrogens with one attached hydrogen (secondary N) is 1. The van der Waals surface area contributed by atoms with Gasteiger partial charge in [-0.3, -0.25) is 14.4 Å². The Hall–Kier alpha value is 0.155. The van der Waals surface area contributed by atoms with Crippen LogP contribution in [0.3, 0.4) is 0 Å². The maximum absolute atomic E-state index is 10.8. The van der Waals surface area contributed by atoms with E-state index < -0.39 is 17.8 Å². The summed E-state index contributed by atoms with van der Waals surface area (Å²) >= 11 is 0. The smallest absolute Gasteiger partial charge is 0.391 e. The number of rotatable bonds is 0. The van der Waals surface area contributed by atoms with Crippen LogP contribution in [0.4, 0.5) is 4.79 Å². The summed E-state index contributed by atoms with van der Waals surface area (Å²) < 4.78 is 0. The molecule has 0 bridgehead atoms. The number of barbiturate groups is 1. The molecule has 0 saturated carbocycles. The summed E-state index contributed by atoms with van der Waals surface area (Å²) in [4.78, 5) is 31.9. The molecule has 0 aliphatic carbocycles. The molecule has 58 valence electrons. The molecule has 1 rings (SSSR count). The van der Waals surface area contributed by atoms with Crippen LogP contribution in [-0.4, -0.2) is 17.8 Å². The molecule has 1 fully saturated rings. The van der Waals surface area contributed by atoms with Gasteiger partial charge in [-0.25, -0.2) is 0 Å². The summed E-state index contributed by atoms with van der Waals surface area (Å²) in [7, 11) is 0. The third kappa shape index (κ3) is 2.58. The molecule has 0 atom stereocenters. The molecule has 4 amide bonds. The predicted octanol–water partition coefficient (Wildman–Crippen LogP) is -2.91. The first-order chi connectivity index (χ1) is 5.15. The summed E-state index contributed by atoms with van der Waals surface area (Å²) in [5, 5.41) is 4.88. The monoisotopic (exact) mass is 238 g/mol. The molecule has 0 aromatic carbocycles. The molecule has 1 aliphatic rings. The van der Waals surface area contributed by atoms with Crippen molar-refractivity contribution in [2.24, 2.45) is 0 Å². The molecule has 12 heavy (non-hydrogen) atoms. The Bertz CT molecular complexity index is 250. The average Bonchev–Trinajstić information content (AvgIpc) is 1.85. The normalized spacial score (nSPS) is 19.8. The largest absolute Gasteiger partial charge is 1.00 e. The molecule has 0 radical (unpaired) electrons. The van der Waals surface area contributed by atoms with Crippen LogP contribution in [0.5, 0.6) is 0 Å². The zero-order valence-electron chi connectivity index (χ0n) is 6.75. The van der Waals surface area contributed by atoms with Crippen LogP contribution in [0.1, 0.15) is 6.92 Å². The van der Waals surface area contributed by atoms with E-state index in [2.05, 4.69) is 5.32 Å². The predicted molar refractivity (Wildman–Crippen MR) is 35.7 cm³/mol. The number of hydrogen-bond acceptors (Lipinski definition) is 3. The van der Waals surface area contributed by atoms with E-state index in [1.165, 1.54) is 13.0 Å². The Morgan fingerprint density at radius 1 is 1.33 bits per heavy atom. The third-order valence-corrected chi connectivity index (χ3v) is 1.19. The molecule has 1 N–H and O–H groups in total. The van der Waals surface area contributed by atoms with Crippen LogP contribution in [-0.2, 0) is 9.59 Å². The molecule has 0 unspecified atom stereocenters. The summed E-state index contributed by atoms with van der Waals surface area (Å²) in [6.45, 7) is 1.53. The van der Waals surface area contributed by atoms with Gasteiger partial charge in [-0.05, 0) is 6.92 Å². The third-order valence-electron chi connectivity index (χ3n) is 1.19. The van der Waals surface area contributed by atoms with E-state index in [1.807, 2.05) is 5.32 Å². The van der Waals surface area contributed by atoms with Gasteiger partial charge < -0.3 is 10.6 Å². The van der Waals surface area contributed by atoms with Gasteiger partial charge in [-0.15, -0.1) is 0 Å². The number of carbonyl (C=O) groups is 3. The molecule has 1 saturated heterocycles. The Kier molecular flexibility index (Phi) is 5.07. The van der Waals surface area contributed by atoms with Crippen molar-refractivity contribution in [2.75, 3.05) is 0 Å². The summed E-state index contributed by atoms with van der Waals surface area (Å²) in [6, 6.07) is -0.898. The Morgan fingerprint density at radius 3 is 2.33 bits per heavy atom. The van der Waals surface area contributed by atoms with E-state index in [0.717, 1.165) is 0 Å². The van der Waals surface area contributed by atoms with E-state index in [4.69, 9.17) is 0 Å². The number of hydrogen-bond donors (Lipinski definition) is 1. The zero-order valence-corrected chi connectivity index (χ0v) is 11.7. The molecule has 6 heteroatoms. The minimum atomic E-state index is -0.898. The number of urea groups is 1.